The third-order valence-electron chi connectivity index (χ3n) is 3.72. The van der Waals surface area contributed by atoms with Crippen LogP contribution < -0.4 is 9.47 Å². The second-order valence-electron chi connectivity index (χ2n) is 5.45. The molecule has 1 heterocycles. The van der Waals surface area contributed by atoms with Crippen LogP contribution in [0.2, 0.25) is 0 Å². The number of hydrogen-bond donors (Lipinski definition) is 0. The Morgan fingerprint density at radius 3 is 2.54 bits per heavy atom. The Bertz CT molecular complexity index is 658. The van der Waals surface area contributed by atoms with Crippen LogP contribution in [0.3, 0.4) is 0 Å². The number of rotatable bonds is 8. The number of nitrogens with zero attached hydrogens (tertiary/aromatic N) is 1. The van der Waals surface area contributed by atoms with E-state index in [-0.39, 0.29) is 5.91 Å². The number of thiophene rings is 1. The Morgan fingerprint density at radius 2 is 1.96 bits per heavy atom. The van der Waals surface area contributed by atoms with Gasteiger partial charge in [0.15, 0.2) is 11.5 Å². The Balaban J connectivity index is 2.08. The molecule has 0 saturated heterocycles. The molecule has 0 aliphatic carbocycles. The Hall–Kier alpha value is -1.72. The number of alkyl halides is 1. The van der Waals surface area contributed by atoms with E-state index in [1.165, 1.54) is 0 Å². The van der Waals surface area contributed by atoms with E-state index in [4.69, 9.17) is 21.1 Å². The van der Waals surface area contributed by atoms with Crippen LogP contribution in [0.4, 0.5) is 0 Å². The number of ether oxygens (including phenoxy) is 2. The van der Waals surface area contributed by atoms with Gasteiger partial charge in [-0.3, -0.25) is 4.79 Å². The van der Waals surface area contributed by atoms with Crippen molar-refractivity contribution in [3.8, 4) is 11.5 Å². The van der Waals surface area contributed by atoms with Crippen molar-refractivity contribution >= 4 is 28.8 Å². The summed E-state index contributed by atoms with van der Waals surface area (Å²) in [5, 5.41) is 3.53. The van der Waals surface area contributed by atoms with Crippen LogP contribution in [-0.2, 0) is 17.8 Å². The molecule has 1 amide bonds. The van der Waals surface area contributed by atoms with E-state index in [1.807, 2.05) is 29.6 Å². The summed E-state index contributed by atoms with van der Waals surface area (Å²) in [6.07, 6.45) is 0.722. The molecule has 6 heteroatoms. The van der Waals surface area contributed by atoms with Crippen LogP contribution >= 0.6 is 22.9 Å². The van der Waals surface area contributed by atoms with Gasteiger partial charge in [0.2, 0.25) is 5.91 Å². The van der Waals surface area contributed by atoms with E-state index < -0.39 is 5.38 Å². The second-order valence-corrected chi connectivity index (χ2v) is 6.88. The lowest BCUT2D eigenvalue weighted by Gasteiger charge is -2.24. The molecule has 2 aromatic rings. The van der Waals surface area contributed by atoms with Gasteiger partial charge in [-0.25, -0.2) is 0 Å². The predicted octanol–water partition coefficient (Wildman–Crippen LogP) is 3.96. The largest absolute Gasteiger partial charge is 0.493 e. The second kappa shape index (κ2) is 8.94. The first kappa shape index (κ1) is 18.6. The summed E-state index contributed by atoms with van der Waals surface area (Å²) in [4.78, 5) is 14.2. The molecule has 0 spiro atoms. The van der Waals surface area contributed by atoms with Crippen LogP contribution in [0, 0.1) is 0 Å². The lowest BCUT2D eigenvalue weighted by atomic mass is 10.1. The number of carbonyl (C=O) groups is 1. The highest BCUT2D eigenvalue weighted by molar-refractivity contribution is 7.07. The van der Waals surface area contributed by atoms with Crippen molar-refractivity contribution in [3.05, 3.63) is 46.2 Å². The van der Waals surface area contributed by atoms with Crippen LogP contribution in [0.1, 0.15) is 18.1 Å². The van der Waals surface area contributed by atoms with E-state index in [2.05, 4.69) is 5.38 Å². The summed E-state index contributed by atoms with van der Waals surface area (Å²) in [5.74, 6) is 1.33. The SMILES string of the molecule is COc1ccc(CCN(Cc2ccsc2)C(=O)C(C)Cl)cc1OC. The van der Waals surface area contributed by atoms with Gasteiger partial charge in [-0.1, -0.05) is 6.07 Å². The fourth-order valence-corrected chi connectivity index (χ4v) is 3.22. The number of amides is 1. The summed E-state index contributed by atoms with van der Waals surface area (Å²) >= 11 is 7.63. The van der Waals surface area contributed by atoms with Gasteiger partial charge in [0.05, 0.1) is 14.2 Å². The predicted molar refractivity (Wildman–Crippen MR) is 98.3 cm³/mol. The molecule has 0 aliphatic rings. The highest BCUT2D eigenvalue weighted by Gasteiger charge is 2.19. The lowest BCUT2D eigenvalue weighted by Crippen LogP contribution is -2.36. The van der Waals surface area contributed by atoms with E-state index in [0.29, 0.717) is 24.6 Å². The Kier molecular flexibility index (Phi) is 6.94. The van der Waals surface area contributed by atoms with Gasteiger partial charge >= 0.3 is 0 Å². The fourth-order valence-electron chi connectivity index (χ4n) is 2.42. The number of benzene rings is 1. The summed E-state index contributed by atoms with van der Waals surface area (Å²) in [6.45, 7) is 2.88. The average molecular weight is 368 g/mol. The van der Waals surface area contributed by atoms with Gasteiger partial charge in [0.1, 0.15) is 5.38 Å². The van der Waals surface area contributed by atoms with Gasteiger partial charge < -0.3 is 14.4 Å². The number of halogens is 1. The van der Waals surface area contributed by atoms with Crippen molar-refractivity contribution in [2.75, 3.05) is 20.8 Å². The van der Waals surface area contributed by atoms with Crippen molar-refractivity contribution in [3.63, 3.8) is 0 Å². The molecule has 0 fully saturated rings. The lowest BCUT2D eigenvalue weighted by molar-refractivity contribution is -0.131. The van der Waals surface area contributed by atoms with Crippen LogP contribution in [0.5, 0.6) is 11.5 Å². The van der Waals surface area contributed by atoms with Crippen molar-refractivity contribution in [2.24, 2.45) is 0 Å². The number of carbonyl (C=O) groups excluding carboxylic acids is 1. The first-order valence-electron chi connectivity index (χ1n) is 7.70. The molecular weight excluding hydrogens is 346 g/mol. The molecule has 130 valence electrons. The molecule has 0 N–H and O–H groups in total. The first-order chi connectivity index (χ1) is 11.5. The Morgan fingerprint density at radius 1 is 1.21 bits per heavy atom. The molecule has 0 aliphatic heterocycles. The maximum Gasteiger partial charge on any atom is 0.240 e. The van der Waals surface area contributed by atoms with E-state index in [1.54, 1.807) is 37.4 Å². The van der Waals surface area contributed by atoms with E-state index in [9.17, 15) is 4.79 Å². The molecule has 1 atom stereocenters. The quantitative estimate of drug-likeness (QED) is 0.663. The van der Waals surface area contributed by atoms with E-state index in [0.717, 1.165) is 17.5 Å². The van der Waals surface area contributed by atoms with Gasteiger partial charge in [-0.05, 0) is 53.4 Å². The summed E-state index contributed by atoms with van der Waals surface area (Å²) in [6, 6.07) is 7.83. The zero-order chi connectivity index (χ0) is 17.5. The number of methoxy groups -OCH3 is 2. The molecule has 0 saturated carbocycles. The van der Waals surface area contributed by atoms with Crippen LogP contribution in [0.25, 0.3) is 0 Å². The van der Waals surface area contributed by atoms with Crippen molar-refractivity contribution in [2.45, 2.75) is 25.3 Å². The number of hydrogen-bond acceptors (Lipinski definition) is 4. The highest BCUT2D eigenvalue weighted by atomic mass is 35.5. The minimum Gasteiger partial charge on any atom is -0.493 e. The smallest absolute Gasteiger partial charge is 0.240 e. The molecule has 1 aromatic heterocycles. The third-order valence-corrected chi connectivity index (χ3v) is 4.64. The molecule has 1 unspecified atom stereocenters. The molecule has 2 rings (SSSR count). The zero-order valence-corrected chi connectivity index (χ0v) is 15.7. The van der Waals surface area contributed by atoms with Gasteiger partial charge in [0.25, 0.3) is 0 Å². The molecular formula is C18H22ClNO3S. The van der Waals surface area contributed by atoms with Crippen molar-refractivity contribution < 1.29 is 14.3 Å². The molecule has 0 bridgehead atoms. The third kappa shape index (κ3) is 4.89. The maximum atomic E-state index is 12.4. The van der Waals surface area contributed by atoms with Crippen LogP contribution in [-0.4, -0.2) is 36.9 Å². The standard InChI is InChI=1S/C18H22ClNO3S/c1-13(19)18(21)20(11-15-7-9-24-12-15)8-6-14-4-5-16(22-2)17(10-14)23-3/h4-5,7,9-10,12-13H,6,8,11H2,1-3H3. The molecule has 1 aromatic carbocycles. The minimum atomic E-state index is -0.533. The topological polar surface area (TPSA) is 38.8 Å². The van der Waals surface area contributed by atoms with Crippen LogP contribution in [0.15, 0.2) is 35.0 Å². The summed E-state index contributed by atoms with van der Waals surface area (Å²) in [7, 11) is 3.23. The molecule has 4 nitrogen and oxygen atoms in total. The van der Waals surface area contributed by atoms with Gasteiger partial charge in [-0.15, -0.1) is 11.6 Å². The van der Waals surface area contributed by atoms with E-state index >= 15 is 0 Å². The summed E-state index contributed by atoms with van der Waals surface area (Å²) in [5.41, 5.74) is 2.20. The molecule has 0 radical (unpaired) electrons. The first-order valence-corrected chi connectivity index (χ1v) is 9.08. The maximum absolute atomic E-state index is 12.4. The van der Waals surface area contributed by atoms with Crippen molar-refractivity contribution in [1.29, 1.82) is 0 Å². The Labute approximate surface area is 152 Å². The summed E-state index contributed by atoms with van der Waals surface area (Å²) < 4.78 is 10.6. The highest BCUT2D eigenvalue weighted by Crippen LogP contribution is 2.27. The molecule has 24 heavy (non-hydrogen) atoms. The average Bonchev–Trinajstić information content (AvgIpc) is 3.10. The van der Waals surface area contributed by atoms with Gasteiger partial charge in [0, 0.05) is 13.1 Å². The fraction of sp³-hybridized carbons (Fsp3) is 0.389. The normalized spacial score (nSPS) is 11.8. The van der Waals surface area contributed by atoms with Crippen molar-refractivity contribution in [1.82, 2.24) is 4.90 Å². The van der Waals surface area contributed by atoms with Gasteiger partial charge in [-0.2, -0.15) is 11.3 Å². The monoisotopic (exact) mass is 367 g/mol. The zero-order valence-electron chi connectivity index (χ0n) is 14.1. The minimum absolute atomic E-state index is 0.0525.